The average molecular weight is 292 g/mol. The summed E-state index contributed by atoms with van der Waals surface area (Å²) in [4.78, 5) is 17.5. The van der Waals surface area contributed by atoms with Gasteiger partial charge in [0.1, 0.15) is 6.04 Å². The normalized spacial score (nSPS) is 24.8. The minimum atomic E-state index is -0.130. The molecule has 4 rings (SSSR count). The summed E-state index contributed by atoms with van der Waals surface area (Å²) in [6, 6.07) is 18.3. The van der Waals surface area contributed by atoms with Crippen LogP contribution in [0.1, 0.15) is 30.0 Å². The third-order valence-corrected chi connectivity index (χ3v) is 4.79. The summed E-state index contributed by atoms with van der Waals surface area (Å²) in [6.45, 7) is 3.07. The minimum absolute atomic E-state index is 0.130. The number of aryl methyl sites for hydroxylation is 1. The molecule has 0 aliphatic carbocycles. The molecule has 1 amide bonds. The number of nitrogens with zero attached hydrogens (tertiary/aromatic N) is 2. The largest absolute Gasteiger partial charge is 0.294 e. The molecular weight excluding hydrogens is 272 g/mol. The van der Waals surface area contributed by atoms with Gasteiger partial charge in [0.25, 0.3) is 0 Å². The molecule has 0 spiro atoms. The van der Waals surface area contributed by atoms with Gasteiger partial charge < -0.3 is 0 Å². The Kier molecular flexibility index (Phi) is 3.23. The van der Waals surface area contributed by atoms with Crippen LogP contribution < -0.4 is 4.90 Å². The lowest BCUT2D eigenvalue weighted by Gasteiger charge is -2.24. The Morgan fingerprint density at radius 2 is 1.73 bits per heavy atom. The number of hydrogen-bond donors (Lipinski definition) is 0. The molecule has 2 saturated heterocycles. The van der Waals surface area contributed by atoms with Crippen molar-refractivity contribution in [3.63, 3.8) is 0 Å². The Morgan fingerprint density at radius 1 is 1.00 bits per heavy atom. The van der Waals surface area contributed by atoms with E-state index in [1.54, 1.807) is 0 Å². The van der Waals surface area contributed by atoms with Crippen LogP contribution in [0.5, 0.6) is 0 Å². The van der Waals surface area contributed by atoms with Gasteiger partial charge in [-0.05, 0) is 37.5 Å². The molecule has 2 aromatic rings. The first kappa shape index (κ1) is 13.5. The SMILES string of the molecule is Cc1ccc(N2C(=O)[C@@H](c3ccccc3)N3CCC[C@H]23)cc1. The van der Waals surface area contributed by atoms with E-state index in [9.17, 15) is 4.79 Å². The van der Waals surface area contributed by atoms with Gasteiger partial charge in [-0.25, -0.2) is 0 Å². The van der Waals surface area contributed by atoms with Crippen LogP contribution in [0.2, 0.25) is 0 Å². The molecule has 0 unspecified atom stereocenters. The van der Waals surface area contributed by atoms with Crippen LogP contribution in [-0.4, -0.2) is 23.5 Å². The Balaban J connectivity index is 1.74. The second-order valence-corrected chi connectivity index (χ2v) is 6.22. The van der Waals surface area contributed by atoms with E-state index < -0.39 is 0 Å². The number of carbonyl (C=O) groups excluding carboxylic acids is 1. The Labute approximate surface area is 131 Å². The van der Waals surface area contributed by atoms with Gasteiger partial charge in [0.2, 0.25) is 5.91 Å². The van der Waals surface area contributed by atoms with Crippen LogP contribution >= 0.6 is 0 Å². The van der Waals surface area contributed by atoms with Gasteiger partial charge in [-0.15, -0.1) is 0 Å². The van der Waals surface area contributed by atoms with Crippen LogP contribution in [0, 0.1) is 6.92 Å². The van der Waals surface area contributed by atoms with Crippen LogP contribution in [-0.2, 0) is 4.79 Å². The lowest BCUT2D eigenvalue weighted by Crippen LogP contribution is -2.35. The van der Waals surface area contributed by atoms with Crippen LogP contribution in [0.25, 0.3) is 0 Å². The molecule has 112 valence electrons. The molecule has 0 bridgehead atoms. The highest BCUT2D eigenvalue weighted by molar-refractivity contribution is 6.00. The molecule has 2 heterocycles. The molecule has 2 aliphatic rings. The third kappa shape index (κ3) is 2.04. The van der Waals surface area contributed by atoms with Crippen molar-refractivity contribution in [1.82, 2.24) is 4.90 Å². The van der Waals surface area contributed by atoms with Crippen molar-refractivity contribution in [2.45, 2.75) is 32.0 Å². The summed E-state index contributed by atoms with van der Waals surface area (Å²) in [5.74, 6) is 0.208. The summed E-state index contributed by atoms with van der Waals surface area (Å²) in [7, 11) is 0. The highest BCUT2D eigenvalue weighted by Gasteiger charge is 2.49. The molecule has 3 nitrogen and oxygen atoms in total. The monoisotopic (exact) mass is 292 g/mol. The first-order chi connectivity index (χ1) is 10.8. The van der Waals surface area contributed by atoms with Crippen LogP contribution in [0.3, 0.4) is 0 Å². The fourth-order valence-electron chi connectivity index (χ4n) is 3.74. The predicted octanol–water partition coefficient (Wildman–Crippen LogP) is 3.50. The van der Waals surface area contributed by atoms with Gasteiger partial charge in [0, 0.05) is 12.2 Å². The van der Waals surface area contributed by atoms with E-state index in [4.69, 9.17) is 0 Å². The van der Waals surface area contributed by atoms with Crippen molar-refractivity contribution in [3.8, 4) is 0 Å². The number of amides is 1. The van der Waals surface area contributed by atoms with Gasteiger partial charge >= 0.3 is 0 Å². The predicted molar refractivity (Wildman–Crippen MR) is 87.6 cm³/mol. The van der Waals surface area contributed by atoms with Crippen LogP contribution in [0.4, 0.5) is 5.69 Å². The highest BCUT2D eigenvalue weighted by Crippen LogP contribution is 2.41. The van der Waals surface area contributed by atoms with Crippen LogP contribution in [0.15, 0.2) is 54.6 Å². The van der Waals surface area contributed by atoms with Crippen molar-refractivity contribution >= 4 is 11.6 Å². The molecule has 22 heavy (non-hydrogen) atoms. The molecule has 2 aliphatic heterocycles. The maximum atomic E-state index is 13.1. The molecule has 0 radical (unpaired) electrons. The zero-order valence-electron chi connectivity index (χ0n) is 12.8. The standard InChI is InChI=1S/C19H20N2O/c1-14-9-11-16(12-10-14)21-17-8-5-13-20(17)18(19(21)22)15-6-3-2-4-7-15/h2-4,6-7,9-12,17-18H,5,8,13H2,1H3/t17-,18+/m0/s1. The summed E-state index contributed by atoms with van der Waals surface area (Å²) < 4.78 is 0. The van der Waals surface area contributed by atoms with Gasteiger partial charge in [0.05, 0.1) is 6.17 Å². The molecule has 0 aromatic heterocycles. The molecule has 3 heteroatoms. The molecule has 2 atom stereocenters. The highest BCUT2D eigenvalue weighted by atomic mass is 16.2. The fourth-order valence-corrected chi connectivity index (χ4v) is 3.74. The number of anilines is 1. The molecule has 0 saturated carbocycles. The second kappa shape index (κ2) is 5.25. The van der Waals surface area contributed by atoms with Gasteiger partial charge in [-0.1, -0.05) is 48.0 Å². The quantitative estimate of drug-likeness (QED) is 0.845. The number of hydrogen-bond acceptors (Lipinski definition) is 2. The smallest absolute Gasteiger partial charge is 0.250 e. The zero-order chi connectivity index (χ0) is 15.1. The summed E-state index contributed by atoms with van der Waals surface area (Å²) >= 11 is 0. The van der Waals surface area contributed by atoms with E-state index in [1.165, 1.54) is 5.56 Å². The number of rotatable bonds is 2. The molecule has 0 N–H and O–H groups in total. The molecule has 2 fully saturated rings. The zero-order valence-corrected chi connectivity index (χ0v) is 12.8. The van der Waals surface area contributed by atoms with Crippen molar-refractivity contribution in [2.75, 3.05) is 11.4 Å². The van der Waals surface area contributed by atoms with E-state index in [1.807, 2.05) is 23.1 Å². The third-order valence-electron chi connectivity index (χ3n) is 4.79. The lowest BCUT2D eigenvalue weighted by atomic mass is 10.1. The van der Waals surface area contributed by atoms with Crippen molar-refractivity contribution in [1.29, 1.82) is 0 Å². The van der Waals surface area contributed by atoms with E-state index in [2.05, 4.69) is 48.2 Å². The molecular formula is C19H20N2O. The van der Waals surface area contributed by atoms with Crippen molar-refractivity contribution < 1.29 is 4.79 Å². The Morgan fingerprint density at radius 3 is 2.45 bits per heavy atom. The van der Waals surface area contributed by atoms with E-state index in [-0.39, 0.29) is 18.1 Å². The number of benzene rings is 2. The van der Waals surface area contributed by atoms with E-state index in [0.717, 1.165) is 30.6 Å². The first-order valence-corrected chi connectivity index (χ1v) is 7.96. The van der Waals surface area contributed by atoms with Gasteiger partial charge in [-0.2, -0.15) is 0 Å². The van der Waals surface area contributed by atoms with Crippen molar-refractivity contribution in [3.05, 3.63) is 65.7 Å². The summed E-state index contributed by atoms with van der Waals surface area (Å²) in [6.07, 6.45) is 2.42. The summed E-state index contributed by atoms with van der Waals surface area (Å²) in [5.41, 5.74) is 3.35. The Hall–Kier alpha value is -2.13. The average Bonchev–Trinajstić information content (AvgIpc) is 3.09. The lowest BCUT2D eigenvalue weighted by molar-refractivity contribution is -0.119. The fraction of sp³-hybridized carbons (Fsp3) is 0.316. The summed E-state index contributed by atoms with van der Waals surface area (Å²) in [5, 5.41) is 0. The number of carbonyl (C=O) groups is 1. The van der Waals surface area contributed by atoms with Gasteiger partial charge in [-0.3, -0.25) is 14.6 Å². The first-order valence-electron chi connectivity index (χ1n) is 7.96. The van der Waals surface area contributed by atoms with E-state index >= 15 is 0 Å². The number of fused-ring (bicyclic) bond motifs is 1. The second-order valence-electron chi connectivity index (χ2n) is 6.22. The maximum absolute atomic E-state index is 13.1. The molecule has 2 aromatic carbocycles. The Bertz CT molecular complexity index is 680. The van der Waals surface area contributed by atoms with E-state index in [0.29, 0.717) is 0 Å². The maximum Gasteiger partial charge on any atom is 0.250 e. The minimum Gasteiger partial charge on any atom is -0.294 e. The van der Waals surface area contributed by atoms with Gasteiger partial charge in [0.15, 0.2) is 0 Å². The van der Waals surface area contributed by atoms with Crippen molar-refractivity contribution in [2.24, 2.45) is 0 Å². The topological polar surface area (TPSA) is 23.6 Å².